The molecule has 2 rings (SSSR count). The van der Waals surface area contributed by atoms with Crippen LogP contribution in [-0.2, 0) is 16.6 Å². The van der Waals surface area contributed by atoms with Crippen LogP contribution >= 0.6 is 11.3 Å². The summed E-state index contributed by atoms with van der Waals surface area (Å²) in [6, 6.07) is 3.61. The fraction of sp³-hybridized carbons (Fsp3) is 0.714. The molecule has 1 aromatic heterocycles. The summed E-state index contributed by atoms with van der Waals surface area (Å²) < 4.78 is 27.4. The van der Waals surface area contributed by atoms with Crippen molar-refractivity contribution in [3.05, 3.63) is 17.0 Å². The second-order valence-corrected chi connectivity index (χ2v) is 9.65. The van der Waals surface area contributed by atoms with Gasteiger partial charge in [-0.15, -0.1) is 11.3 Å². The van der Waals surface area contributed by atoms with Crippen molar-refractivity contribution in [2.24, 2.45) is 0 Å². The van der Waals surface area contributed by atoms with E-state index in [4.69, 9.17) is 0 Å². The van der Waals surface area contributed by atoms with Crippen molar-refractivity contribution in [1.29, 1.82) is 0 Å². The van der Waals surface area contributed by atoms with E-state index in [2.05, 4.69) is 31.0 Å². The molecule has 0 radical (unpaired) electrons. The molecule has 1 N–H and O–H groups in total. The Morgan fingerprint density at radius 3 is 2.33 bits per heavy atom. The highest BCUT2D eigenvalue weighted by molar-refractivity contribution is 7.91. The van der Waals surface area contributed by atoms with Crippen LogP contribution < -0.4 is 5.32 Å². The van der Waals surface area contributed by atoms with Crippen LogP contribution in [0.3, 0.4) is 0 Å². The third kappa shape index (κ3) is 3.84. The van der Waals surface area contributed by atoms with Gasteiger partial charge in [-0.3, -0.25) is 4.90 Å². The van der Waals surface area contributed by atoms with Gasteiger partial charge in [0.15, 0.2) is 0 Å². The molecule has 1 aliphatic heterocycles. The van der Waals surface area contributed by atoms with Crippen LogP contribution in [0.4, 0.5) is 0 Å². The lowest BCUT2D eigenvalue weighted by molar-refractivity contribution is 0.0922. The quantitative estimate of drug-likeness (QED) is 0.910. The molecule has 0 aromatic carbocycles. The maximum atomic E-state index is 12.7. The minimum atomic E-state index is -3.33. The molecule has 1 saturated heterocycles. The van der Waals surface area contributed by atoms with Crippen molar-refractivity contribution in [2.45, 2.75) is 37.1 Å². The number of nitrogens with one attached hydrogen (secondary N) is 1. The van der Waals surface area contributed by atoms with E-state index in [1.165, 1.54) is 11.3 Å². The SMILES string of the molecule is CNCc1ccc(S(=O)(=O)N2CCN(C(C)(C)C)CC2)s1. The van der Waals surface area contributed by atoms with Crippen molar-refractivity contribution in [1.82, 2.24) is 14.5 Å². The fourth-order valence-electron chi connectivity index (χ4n) is 2.49. The molecule has 2 heterocycles. The predicted molar refractivity (Wildman–Crippen MR) is 87.2 cm³/mol. The first-order chi connectivity index (χ1) is 9.75. The molecule has 0 amide bonds. The molecule has 0 spiro atoms. The molecule has 1 aliphatic rings. The zero-order chi connectivity index (χ0) is 15.7. The summed E-state index contributed by atoms with van der Waals surface area (Å²) in [6.07, 6.45) is 0. The number of thiophene rings is 1. The fourth-order valence-corrected chi connectivity index (χ4v) is 5.44. The van der Waals surface area contributed by atoms with E-state index in [0.29, 0.717) is 23.8 Å². The topological polar surface area (TPSA) is 52.7 Å². The summed E-state index contributed by atoms with van der Waals surface area (Å²) in [5.74, 6) is 0. The Labute approximate surface area is 132 Å². The number of rotatable bonds is 4. The molecular weight excluding hydrogens is 306 g/mol. The molecule has 1 aromatic rings. The third-order valence-corrected chi connectivity index (χ3v) is 7.22. The summed E-state index contributed by atoms with van der Waals surface area (Å²) >= 11 is 1.36. The molecule has 5 nitrogen and oxygen atoms in total. The van der Waals surface area contributed by atoms with E-state index >= 15 is 0 Å². The van der Waals surface area contributed by atoms with Crippen molar-refractivity contribution >= 4 is 21.4 Å². The number of hydrogen-bond donors (Lipinski definition) is 1. The lowest BCUT2D eigenvalue weighted by atomic mass is 10.1. The van der Waals surface area contributed by atoms with Gasteiger partial charge in [0.2, 0.25) is 0 Å². The van der Waals surface area contributed by atoms with E-state index in [9.17, 15) is 8.42 Å². The highest BCUT2D eigenvalue weighted by atomic mass is 32.2. The van der Waals surface area contributed by atoms with Crippen LogP contribution in [-0.4, -0.2) is 56.4 Å². The van der Waals surface area contributed by atoms with Crippen LogP contribution in [0.5, 0.6) is 0 Å². The second-order valence-electron chi connectivity index (χ2n) is 6.31. The molecule has 1 fully saturated rings. The van der Waals surface area contributed by atoms with Gasteiger partial charge in [-0.1, -0.05) is 0 Å². The van der Waals surface area contributed by atoms with E-state index < -0.39 is 10.0 Å². The Bertz CT molecular complexity index is 567. The maximum Gasteiger partial charge on any atom is 0.252 e. The molecule has 21 heavy (non-hydrogen) atoms. The number of piperazine rings is 1. The Balaban J connectivity index is 2.07. The minimum Gasteiger partial charge on any atom is -0.315 e. The van der Waals surface area contributed by atoms with Gasteiger partial charge in [-0.05, 0) is 40.0 Å². The highest BCUT2D eigenvalue weighted by Gasteiger charge is 2.32. The smallest absolute Gasteiger partial charge is 0.252 e. The number of hydrogen-bond acceptors (Lipinski definition) is 5. The van der Waals surface area contributed by atoms with Crippen molar-refractivity contribution in [3.8, 4) is 0 Å². The van der Waals surface area contributed by atoms with Gasteiger partial charge in [-0.2, -0.15) is 4.31 Å². The lowest BCUT2D eigenvalue weighted by Crippen LogP contribution is -2.54. The normalized spacial score (nSPS) is 19.0. The predicted octanol–water partition coefficient (Wildman–Crippen LogP) is 1.57. The average molecular weight is 332 g/mol. The third-order valence-electron chi connectivity index (χ3n) is 3.77. The molecule has 0 unspecified atom stereocenters. The van der Waals surface area contributed by atoms with Crippen molar-refractivity contribution < 1.29 is 8.42 Å². The molecule has 120 valence electrons. The molecule has 0 aliphatic carbocycles. The highest BCUT2D eigenvalue weighted by Crippen LogP contribution is 2.26. The van der Waals surface area contributed by atoms with E-state index in [0.717, 1.165) is 18.0 Å². The van der Waals surface area contributed by atoms with Gasteiger partial charge in [0.25, 0.3) is 10.0 Å². The summed E-state index contributed by atoms with van der Waals surface area (Å²) in [4.78, 5) is 3.38. The van der Waals surface area contributed by atoms with Crippen LogP contribution in [0.2, 0.25) is 0 Å². The van der Waals surface area contributed by atoms with E-state index in [-0.39, 0.29) is 5.54 Å². The van der Waals surface area contributed by atoms with Crippen molar-refractivity contribution in [3.63, 3.8) is 0 Å². The Morgan fingerprint density at radius 2 is 1.81 bits per heavy atom. The monoisotopic (exact) mass is 331 g/mol. The summed E-state index contributed by atoms with van der Waals surface area (Å²) in [5, 5.41) is 3.05. The molecule has 0 saturated carbocycles. The zero-order valence-corrected chi connectivity index (χ0v) is 14.9. The first kappa shape index (κ1) is 16.9. The molecule has 0 atom stereocenters. The summed E-state index contributed by atoms with van der Waals surface area (Å²) in [5.41, 5.74) is 0.0960. The summed E-state index contributed by atoms with van der Waals surface area (Å²) in [6.45, 7) is 9.92. The van der Waals surface area contributed by atoms with Gasteiger partial charge >= 0.3 is 0 Å². The minimum absolute atomic E-state index is 0.0960. The Morgan fingerprint density at radius 1 is 1.19 bits per heavy atom. The first-order valence-corrected chi connectivity index (χ1v) is 9.49. The number of sulfonamides is 1. The largest absolute Gasteiger partial charge is 0.315 e. The zero-order valence-electron chi connectivity index (χ0n) is 13.2. The Hall–Kier alpha value is -0.470. The van der Waals surface area contributed by atoms with Crippen LogP contribution in [0, 0.1) is 0 Å². The summed E-state index contributed by atoms with van der Waals surface area (Å²) in [7, 11) is -1.47. The van der Waals surface area contributed by atoms with E-state index in [1.807, 2.05) is 13.1 Å². The van der Waals surface area contributed by atoms with Gasteiger partial charge in [-0.25, -0.2) is 8.42 Å². The average Bonchev–Trinajstić information content (AvgIpc) is 2.88. The maximum absolute atomic E-state index is 12.7. The van der Waals surface area contributed by atoms with Gasteiger partial charge in [0, 0.05) is 43.1 Å². The van der Waals surface area contributed by atoms with Crippen LogP contribution in [0.15, 0.2) is 16.3 Å². The van der Waals surface area contributed by atoms with Crippen LogP contribution in [0.1, 0.15) is 25.6 Å². The lowest BCUT2D eigenvalue weighted by Gasteiger charge is -2.41. The van der Waals surface area contributed by atoms with Gasteiger partial charge < -0.3 is 5.32 Å². The van der Waals surface area contributed by atoms with Gasteiger partial charge in [0.1, 0.15) is 4.21 Å². The molecular formula is C14H25N3O2S2. The van der Waals surface area contributed by atoms with E-state index in [1.54, 1.807) is 10.4 Å². The van der Waals surface area contributed by atoms with Gasteiger partial charge in [0.05, 0.1) is 0 Å². The Kier molecular flexibility index (Phi) is 5.10. The molecule has 7 heteroatoms. The number of nitrogens with zero attached hydrogens (tertiary/aromatic N) is 2. The molecule has 0 bridgehead atoms. The van der Waals surface area contributed by atoms with Crippen LogP contribution in [0.25, 0.3) is 0 Å². The standard InChI is InChI=1S/C14H25N3O2S2/c1-14(2,3)16-7-9-17(10-8-16)21(18,19)13-6-5-12(20-13)11-15-4/h5-6,15H,7-11H2,1-4H3. The second kappa shape index (κ2) is 6.34. The van der Waals surface area contributed by atoms with Crippen molar-refractivity contribution in [2.75, 3.05) is 33.2 Å². The first-order valence-electron chi connectivity index (χ1n) is 7.23.